The van der Waals surface area contributed by atoms with Crippen LogP contribution in [0.5, 0.6) is 0 Å². The largest absolute Gasteiger partial charge is 0.367 e. The van der Waals surface area contributed by atoms with Crippen LogP contribution < -0.4 is 5.32 Å². The van der Waals surface area contributed by atoms with Crippen LogP contribution in [-0.4, -0.2) is 45.7 Å². The molecule has 2 aliphatic rings. The molecule has 1 N–H and O–H groups in total. The normalized spacial score (nSPS) is 24.4. The summed E-state index contributed by atoms with van der Waals surface area (Å²) in [6, 6.07) is 2.35. The Kier molecular flexibility index (Phi) is 5.33. The quantitative estimate of drug-likeness (QED) is 0.804. The summed E-state index contributed by atoms with van der Waals surface area (Å²) in [4.78, 5) is 23.2. The van der Waals surface area contributed by atoms with Crippen molar-refractivity contribution in [3.05, 3.63) is 18.1 Å². The van der Waals surface area contributed by atoms with E-state index in [1.54, 1.807) is 6.33 Å². The number of hydrogen-bond donors (Lipinski definition) is 2. The molecule has 0 aromatic carbocycles. The zero-order valence-electron chi connectivity index (χ0n) is 14.7. The average molecular weight is 349 g/mol. The molecule has 2 heterocycles. The van der Waals surface area contributed by atoms with E-state index < -0.39 is 0 Å². The number of anilines is 1. The van der Waals surface area contributed by atoms with E-state index in [2.05, 4.69) is 46.7 Å². The molecule has 1 saturated carbocycles. The first-order valence-corrected chi connectivity index (χ1v) is 9.61. The summed E-state index contributed by atoms with van der Waals surface area (Å²) in [6.07, 6.45) is 7.00. The van der Waals surface area contributed by atoms with Crippen LogP contribution >= 0.6 is 12.6 Å². The summed E-state index contributed by atoms with van der Waals surface area (Å²) >= 11 is 4.41. The smallest absolute Gasteiger partial charge is 0.225 e. The number of nitrogens with one attached hydrogen (secondary N) is 1. The number of rotatable bonds is 5. The molecular weight excluding hydrogens is 320 g/mol. The van der Waals surface area contributed by atoms with Crippen molar-refractivity contribution in [1.29, 1.82) is 0 Å². The molecule has 1 aromatic rings. The van der Waals surface area contributed by atoms with Gasteiger partial charge in [-0.2, -0.15) is 12.6 Å². The first-order chi connectivity index (χ1) is 11.5. The lowest BCUT2D eigenvalue weighted by molar-refractivity contribution is -0.139. The molecule has 0 spiro atoms. The Hall–Kier alpha value is -1.30. The van der Waals surface area contributed by atoms with Crippen molar-refractivity contribution >= 4 is 24.4 Å². The Balaban J connectivity index is 1.52. The van der Waals surface area contributed by atoms with E-state index in [4.69, 9.17) is 0 Å². The first-order valence-electron chi connectivity index (χ1n) is 8.98. The summed E-state index contributed by atoms with van der Waals surface area (Å²) < 4.78 is 0. The second-order valence-corrected chi connectivity index (χ2v) is 8.04. The average Bonchev–Trinajstić information content (AvgIpc) is 2.58. The molecule has 0 bridgehead atoms. The number of thiol groups is 1. The molecule has 0 radical (unpaired) electrons. The van der Waals surface area contributed by atoms with Crippen molar-refractivity contribution in [2.75, 3.05) is 24.2 Å². The molecule has 6 heteroatoms. The van der Waals surface area contributed by atoms with Crippen LogP contribution in [0.4, 0.5) is 5.82 Å². The van der Waals surface area contributed by atoms with Gasteiger partial charge in [0, 0.05) is 42.3 Å². The Morgan fingerprint density at radius 3 is 2.67 bits per heavy atom. The van der Waals surface area contributed by atoms with Crippen LogP contribution in [0.2, 0.25) is 0 Å². The number of carbonyl (C=O) groups excluding carboxylic acids is 1. The van der Waals surface area contributed by atoms with Gasteiger partial charge in [-0.05, 0) is 32.1 Å². The maximum Gasteiger partial charge on any atom is 0.225 e. The number of aromatic nitrogens is 2. The number of piperidine rings is 1. The molecule has 1 amide bonds. The van der Waals surface area contributed by atoms with Crippen LogP contribution in [-0.2, 0) is 10.2 Å². The van der Waals surface area contributed by atoms with Gasteiger partial charge in [0.05, 0.1) is 5.69 Å². The molecule has 24 heavy (non-hydrogen) atoms. The van der Waals surface area contributed by atoms with Gasteiger partial charge in [-0.1, -0.05) is 13.8 Å². The molecule has 132 valence electrons. The van der Waals surface area contributed by atoms with Crippen molar-refractivity contribution in [2.24, 2.45) is 5.92 Å². The van der Waals surface area contributed by atoms with E-state index in [0.29, 0.717) is 11.9 Å². The number of hydrogen-bond acceptors (Lipinski definition) is 5. The van der Waals surface area contributed by atoms with E-state index in [9.17, 15) is 4.79 Å². The van der Waals surface area contributed by atoms with Gasteiger partial charge in [0.1, 0.15) is 12.1 Å². The summed E-state index contributed by atoms with van der Waals surface area (Å²) in [6.45, 7) is 6.15. The van der Waals surface area contributed by atoms with Crippen molar-refractivity contribution in [3.8, 4) is 0 Å². The third-order valence-electron chi connectivity index (χ3n) is 5.26. The number of carbonyl (C=O) groups is 1. The number of amides is 1. The lowest BCUT2D eigenvalue weighted by atomic mass is 9.79. The van der Waals surface area contributed by atoms with Crippen molar-refractivity contribution in [3.63, 3.8) is 0 Å². The van der Waals surface area contributed by atoms with E-state index in [1.807, 2.05) is 6.07 Å². The van der Waals surface area contributed by atoms with E-state index in [0.717, 1.165) is 56.0 Å². The summed E-state index contributed by atoms with van der Waals surface area (Å²) in [7, 11) is 0. The minimum absolute atomic E-state index is 0.0745. The van der Waals surface area contributed by atoms with Gasteiger partial charge < -0.3 is 10.2 Å². The van der Waals surface area contributed by atoms with Crippen LogP contribution in [0.15, 0.2) is 12.4 Å². The van der Waals surface area contributed by atoms with Crippen LogP contribution in [0, 0.1) is 5.92 Å². The fourth-order valence-corrected chi connectivity index (χ4v) is 3.57. The van der Waals surface area contributed by atoms with Gasteiger partial charge in [0.15, 0.2) is 0 Å². The fourth-order valence-electron chi connectivity index (χ4n) is 3.41. The van der Waals surface area contributed by atoms with Gasteiger partial charge in [0.25, 0.3) is 0 Å². The highest BCUT2D eigenvalue weighted by Gasteiger charge is 2.37. The highest BCUT2D eigenvalue weighted by atomic mass is 32.1. The minimum atomic E-state index is -0.0745. The number of likely N-dealkylation sites (tertiary alicyclic amines) is 1. The van der Waals surface area contributed by atoms with E-state index >= 15 is 0 Å². The van der Waals surface area contributed by atoms with Gasteiger partial charge in [-0.3, -0.25) is 4.79 Å². The van der Waals surface area contributed by atoms with Gasteiger partial charge in [-0.15, -0.1) is 0 Å². The van der Waals surface area contributed by atoms with Crippen LogP contribution in [0.1, 0.15) is 51.6 Å². The predicted molar refractivity (Wildman–Crippen MR) is 99.5 cm³/mol. The lowest BCUT2D eigenvalue weighted by Gasteiger charge is -2.39. The van der Waals surface area contributed by atoms with Crippen LogP contribution in [0.25, 0.3) is 0 Å². The fraction of sp³-hybridized carbons (Fsp3) is 0.722. The summed E-state index contributed by atoms with van der Waals surface area (Å²) in [5, 5.41) is 3.46. The molecule has 3 rings (SSSR count). The monoisotopic (exact) mass is 348 g/mol. The van der Waals surface area contributed by atoms with Crippen molar-refractivity contribution < 1.29 is 4.79 Å². The van der Waals surface area contributed by atoms with Gasteiger partial charge in [0.2, 0.25) is 5.91 Å². The Labute approximate surface area is 150 Å². The van der Waals surface area contributed by atoms with Gasteiger partial charge in [-0.25, -0.2) is 9.97 Å². The highest BCUT2D eigenvalue weighted by Crippen LogP contribution is 2.33. The summed E-state index contributed by atoms with van der Waals surface area (Å²) in [5.74, 6) is 2.13. The third-order valence-corrected chi connectivity index (χ3v) is 6.05. The maximum absolute atomic E-state index is 12.5. The van der Waals surface area contributed by atoms with Crippen molar-refractivity contribution in [1.82, 2.24) is 14.9 Å². The molecule has 1 aliphatic heterocycles. The first kappa shape index (κ1) is 17.5. The molecule has 0 atom stereocenters. The van der Waals surface area contributed by atoms with Gasteiger partial charge >= 0.3 is 0 Å². The SMILES string of the molecule is CC(C)(CS)c1cc(N[C@H]2C[C@@H](C(=O)N3CCCCC3)C2)ncn1. The molecule has 2 fully saturated rings. The summed E-state index contributed by atoms with van der Waals surface area (Å²) in [5.41, 5.74) is 0.921. The van der Waals surface area contributed by atoms with Crippen molar-refractivity contribution in [2.45, 2.75) is 57.4 Å². The lowest BCUT2D eigenvalue weighted by Crippen LogP contribution is -2.47. The number of nitrogens with zero attached hydrogens (tertiary/aromatic N) is 3. The maximum atomic E-state index is 12.5. The topological polar surface area (TPSA) is 58.1 Å². The molecule has 5 nitrogen and oxygen atoms in total. The Morgan fingerprint density at radius 2 is 2.00 bits per heavy atom. The highest BCUT2D eigenvalue weighted by molar-refractivity contribution is 7.80. The molecule has 1 aromatic heterocycles. The molecular formula is C18H28N4OS. The molecule has 1 saturated heterocycles. The van der Waals surface area contributed by atoms with E-state index in [-0.39, 0.29) is 11.3 Å². The third kappa shape index (κ3) is 3.85. The Morgan fingerprint density at radius 1 is 1.29 bits per heavy atom. The van der Waals surface area contributed by atoms with E-state index in [1.165, 1.54) is 6.42 Å². The molecule has 1 aliphatic carbocycles. The van der Waals surface area contributed by atoms with Crippen LogP contribution in [0.3, 0.4) is 0 Å². The minimum Gasteiger partial charge on any atom is -0.367 e. The second-order valence-electron chi connectivity index (χ2n) is 7.73. The Bertz CT molecular complexity index is 580. The molecule has 0 unspecified atom stereocenters. The predicted octanol–water partition coefficient (Wildman–Crippen LogP) is 2.89. The second kappa shape index (κ2) is 7.30. The zero-order chi connectivity index (χ0) is 17.2. The standard InChI is InChI=1S/C18H28N4OS/c1-18(2,11-24)15-10-16(20-12-19-15)21-14-8-13(9-14)17(23)22-6-4-3-5-7-22/h10,12-14,24H,3-9,11H2,1-2H3,(H,19,20,21)/t13-,14+. The zero-order valence-corrected chi connectivity index (χ0v) is 15.6.